The molecule has 0 spiro atoms. The third-order valence-electron chi connectivity index (χ3n) is 6.74. The van der Waals surface area contributed by atoms with E-state index in [0.717, 1.165) is 22.0 Å². The summed E-state index contributed by atoms with van der Waals surface area (Å²) in [6, 6.07) is 20.9. The molecule has 1 aromatic heterocycles. The predicted octanol–water partition coefficient (Wildman–Crippen LogP) is 4.44. The van der Waals surface area contributed by atoms with Crippen molar-refractivity contribution >= 4 is 28.4 Å². The number of amides is 2. The fraction of sp³-hybridized carbons (Fsp3) is 0.267. The number of hydrogen-bond acceptors (Lipinski definition) is 6. The van der Waals surface area contributed by atoms with Crippen LogP contribution in [0.1, 0.15) is 21.5 Å². The molecule has 208 valence electrons. The van der Waals surface area contributed by atoms with E-state index in [2.05, 4.69) is 4.98 Å². The zero-order valence-corrected chi connectivity index (χ0v) is 22.5. The molecule has 1 N–H and O–H groups in total. The van der Waals surface area contributed by atoms with Gasteiger partial charge in [-0.3, -0.25) is 19.7 Å². The standard InChI is InChI=1S/C30H32N4O6/c1-39-18-17-33(30(36)22-11-13-25(14-12-22)34(37)38)21-29(35)32(20-24-7-3-6-10-28(24)40-2)16-15-23-19-31-27-9-5-4-8-26(23)27/h3-14,19,31H,15-18,20-21H2,1-2H3. The van der Waals surface area contributed by atoms with E-state index in [1.54, 1.807) is 12.0 Å². The van der Waals surface area contributed by atoms with Gasteiger partial charge in [0.2, 0.25) is 5.91 Å². The van der Waals surface area contributed by atoms with Crippen molar-refractivity contribution in [3.05, 3.63) is 106 Å². The van der Waals surface area contributed by atoms with Crippen LogP contribution in [0.3, 0.4) is 0 Å². The number of nitro benzene ring substituents is 1. The third kappa shape index (κ3) is 6.83. The van der Waals surface area contributed by atoms with Crippen LogP contribution in [0.15, 0.2) is 79.0 Å². The number of aromatic nitrogens is 1. The van der Waals surface area contributed by atoms with Gasteiger partial charge < -0.3 is 24.3 Å². The van der Waals surface area contributed by atoms with Crippen LogP contribution in [0.4, 0.5) is 5.69 Å². The summed E-state index contributed by atoms with van der Waals surface area (Å²) in [4.78, 5) is 44.0. The first-order chi connectivity index (χ1) is 19.4. The monoisotopic (exact) mass is 544 g/mol. The number of rotatable bonds is 13. The van der Waals surface area contributed by atoms with E-state index < -0.39 is 10.8 Å². The number of nitrogens with one attached hydrogen (secondary N) is 1. The van der Waals surface area contributed by atoms with Gasteiger partial charge in [-0.1, -0.05) is 36.4 Å². The minimum absolute atomic E-state index is 0.115. The van der Waals surface area contributed by atoms with Crippen LogP contribution < -0.4 is 4.74 Å². The summed E-state index contributed by atoms with van der Waals surface area (Å²) in [6.07, 6.45) is 2.57. The first-order valence-corrected chi connectivity index (χ1v) is 12.9. The highest BCUT2D eigenvalue weighted by Crippen LogP contribution is 2.22. The molecule has 0 saturated heterocycles. The summed E-state index contributed by atoms with van der Waals surface area (Å²) < 4.78 is 10.7. The van der Waals surface area contributed by atoms with E-state index in [4.69, 9.17) is 9.47 Å². The van der Waals surface area contributed by atoms with Crippen LogP contribution >= 0.6 is 0 Å². The molecule has 0 atom stereocenters. The highest BCUT2D eigenvalue weighted by molar-refractivity contribution is 5.96. The fourth-order valence-corrected chi connectivity index (χ4v) is 4.55. The number of H-pyrrole nitrogens is 1. The van der Waals surface area contributed by atoms with Crippen LogP contribution in [0.25, 0.3) is 10.9 Å². The topological polar surface area (TPSA) is 118 Å². The van der Waals surface area contributed by atoms with Crippen molar-refractivity contribution in [2.45, 2.75) is 13.0 Å². The second-order valence-electron chi connectivity index (χ2n) is 9.26. The van der Waals surface area contributed by atoms with Gasteiger partial charge in [0.05, 0.1) is 18.6 Å². The van der Waals surface area contributed by atoms with E-state index in [0.29, 0.717) is 25.3 Å². The van der Waals surface area contributed by atoms with E-state index in [9.17, 15) is 19.7 Å². The molecule has 0 unspecified atom stereocenters. The second kappa shape index (κ2) is 13.4. The lowest BCUT2D eigenvalue weighted by atomic mass is 10.1. The van der Waals surface area contributed by atoms with Gasteiger partial charge >= 0.3 is 0 Å². The second-order valence-corrected chi connectivity index (χ2v) is 9.26. The van der Waals surface area contributed by atoms with E-state index in [-0.39, 0.29) is 36.9 Å². The molecule has 3 aromatic carbocycles. The molecule has 4 rings (SSSR count). The largest absolute Gasteiger partial charge is 0.496 e. The van der Waals surface area contributed by atoms with Crippen molar-refractivity contribution in [3.63, 3.8) is 0 Å². The van der Waals surface area contributed by atoms with E-state index in [1.165, 1.54) is 36.3 Å². The van der Waals surface area contributed by atoms with Crippen LogP contribution in [-0.4, -0.2) is 72.0 Å². The Kier molecular flexibility index (Phi) is 9.48. The van der Waals surface area contributed by atoms with Crippen LogP contribution in [-0.2, 0) is 22.5 Å². The number of non-ortho nitro benzene ring substituents is 1. The molecule has 0 radical (unpaired) electrons. The number of fused-ring (bicyclic) bond motifs is 1. The van der Waals surface area contributed by atoms with Crippen LogP contribution in [0.2, 0.25) is 0 Å². The summed E-state index contributed by atoms with van der Waals surface area (Å²) in [7, 11) is 3.11. The molecular formula is C30H32N4O6. The van der Waals surface area contributed by atoms with Gasteiger partial charge in [0.15, 0.2) is 0 Å². The number of benzene rings is 3. The number of carbonyl (C=O) groups excluding carboxylic acids is 2. The zero-order valence-electron chi connectivity index (χ0n) is 22.5. The Morgan fingerprint density at radius 1 is 0.900 bits per heavy atom. The van der Waals surface area contributed by atoms with Crippen LogP contribution in [0, 0.1) is 10.1 Å². The lowest BCUT2D eigenvalue weighted by molar-refractivity contribution is -0.384. The van der Waals surface area contributed by atoms with Crippen molar-refractivity contribution in [3.8, 4) is 5.75 Å². The Morgan fingerprint density at radius 2 is 1.62 bits per heavy atom. The number of carbonyl (C=O) groups is 2. The van der Waals surface area contributed by atoms with Gasteiger partial charge in [-0.05, 0) is 36.2 Å². The summed E-state index contributed by atoms with van der Waals surface area (Å²) >= 11 is 0. The third-order valence-corrected chi connectivity index (χ3v) is 6.74. The Hall–Kier alpha value is -4.70. The lowest BCUT2D eigenvalue weighted by Crippen LogP contribution is -2.44. The molecule has 0 fully saturated rings. The molecule has 0 bridgehead atoms. The van der Waals surface area contributed by atoms with E-state index in [1.807, 2.05) is 54.7 Å². The molecule has 0 aliphatic rings. The summed E-state index contributed by atoms with van der Waals surface area (Å²) in [5, 5.41) is 12.1. The summed E-state index contributed by atoms with van der Waals surface area (Å²) in [5.74, 6) is 0.0249. The highest BCUT2D eigenvalue weighted by Gasteiger charge is 2.24. The average Bonchev–Trinajstić information content (AvgIpc) is 3.40. The maximum Gasteiger partial charge on any atom is 0.269 e. The Balaban J connectivity index is 1.57. The fourth-order valence-electron chi connectivity index (χ4n) is 4.55. The Labute approximate surface area is 232 Å². The molecule has 2 amide bonds. The number of methoxy groups -OCH3 is 2. The first-order valence-electron chi connectivity index (χ1n) is 12.9. The molecule has 10 heteroatoms. The predicted molar refractivity (Wildman–Crippen MR) is 151 cm³/mol. The molecule has 0 aliphatic carbocycles. The van der Waals surface area contributed by atoms with E-state index >= 15 is 0 Å². The van der Waals surface area contributed by atoms with Gasteiger partial charge in [-0.25, -0.2) is 0 Å². The number of nitro groups is 1. The Morgan fingerprint density at radius 3 is 2.35 bits per heavy atom. The summed E-state index contributed by atoms with van der Waals surface area (Å²) in [6.45, 7) is 0.955. The Bertz CT molecular complexity index is 1470. The number of aromatic amines is 1. The van der Waals surface area contributed by atoms with Gasteiger partial charge in [-0.2, -0.15) is 0 Å². The lowest BCUT2D eigenvalue weighted by Gasteiger charge is -2.28. The highest BCUT2D eigenvalue weighted by atomic mass is 16.6. The quantitative estimate of drug-likeness (QED) is 0.196. The molecule has 4 aromatic rings. The van der Waals surface area contributed by atoms with Gasteiger partial charge in [0.25, 0.3) is 11.6 Å². The molecule has 0 saturated carbocycles. The zero-order chi connectivity index (χ0) is 28.5. The minimum atomic E-state index is -0.524. The molecule has 0 aliphatic heterocycles. The number of nitrogens with zero attached hydrogens (tertiary/aromatic N) is 3. The van der Waals surface area contributed by atoms with Crippen molar-refractivity contribution in [1.29, 1.82) is 0 Å². The minimum Gasteiger partial charge on any atom is -0.496 e. The van der Waals surface area contributed by atoms with Crippen molar-refractivity contribution in [2.24, 2.45) is 0 Å². The normalized spacial score (nSPS) is 10.8. The van der Waals surface area contributed by atoms with Gasteiger partial charge in [0, 0.05) is 67.1 Å². The maximum atomic E-state index is 13.8. The number of para-hydroxylation sites is 2. The van der Waals surface area contributed by atoms with Crippen LogP contribution in [0.5, 0.6) is 5.75 Å². The molecular weight excluding hydrogens is 512 g/mol. The molecule has 40 heavy (non-hydrogen) atoms. The number of ether oxygens (including phenoxy) is 2. The molecule has 10 nitrogen and oxygen atoms in total. The smallest absolute Gasteiger partial charge is 0.269 e. The summed E-state index contributed by atoms with van der Waals surface area (Å²) in [5.41, 5.74) is 3.11. The van der Waals surface area contributed by atoms with Crippen molar-refractivity contribution in [2.75, 3.05) is 40.5 Å². The average molecular weight is 545 g/mol. The first kappa shape index (κ1) is 28.3. The number of hydrogen-bond donors (Lipinski definition) is 1. The molecule has 1 heterocycles. The van der Waals surface area contributed by atoms with Crippen molar-refractivity contribution in [1.82, 2.24) is 14.8 Å². The SMILES string of the molecule is COCCN(CC(=O)N(CCc1c[nH]c2ccccc12)Cc1ccccc1OC)C(=O)c1ccc([N+](=O)[O-])cc1. The van der Waals surface area contributed by atoms with Gasteiger partial charge in [-0.15, -0.1) is 0 Å². The van der Waals surface area contributed by atoms with Crippen molar-refractivity contribution < 1.29 is 24.0 Å². The van der Waals surface area contributed by atoms with Gasteiger partial charge in [0.1, 0.15) is 12.3 Å². The maximum absolute atomic E-state index is 13.8.